The molecule has 0 aromatic heterocycles. The minimum absolute atomic E-state index is 0.0336. The number of alkyl carbamates (subject to hydrolysis) is 1. The Morgan fingerprint density at radius 3 is 1.90 bits per heavy atom. The molecule has 0 aliphatic carbocycles. The van der Waals surface area contributed by atoms with E-state index >= 15 is 0 Å². The van der Waals surface area contributed by atoms with E-state index in [0.29, 0.717) is 48.2 Å². The van der Waals surface area contributed by atoms with Gasteiger partial charge in [0.25, 0.3) is 11.8 Å². The van der Waals surface area contributed by atoms with Crippen LogP contribution in [0.5, 0.6) is 5.75 Å². The standard InChI is InChI=1S/C27H35F2N3O5.C9H11NO.C8H12N2/c1-27(2,3)37-26(35)32-13-6-4-5-7-21(33)17-36-24-22(28)15-18(16-23(24)29)12-14-31-25(34)19-8-10-20(30)11-9-19;1-7-4-3-5-8(6-7)9(11)10-2;1-10(2)8-5-3-7(9)4-6-8/h8-11,15-16H,4-7,12-14,17,30H2,1-3H3,(H,31,34)(H,32,35);3-6H,1-2H3,(H,10,11);3-6H,9H2,1-2H3. The Labute approximate surface area is 340 Å². The van der Waals surface area contributed by atoms with Crippen LogP contribution in [0, 0.1) is 18.6 Å². The summed E-state index contributed by atoms with van der Waals surface area (Å²) < 4.78 is 39.0. The fourth-order valence-electron chi connectivity index (χ4n) is 5.01. The molecule has 0 saturated heterocycles. The van der Waals surface area contributed by atoms with E-state index in [2.05, 4.69) is 16.0 Å². The van der Waals surface area contributed by atoms with Crippen LogP contribution in [0.15, 0.2) is 84.9 Å². The van der Waals surface area contributed by atoms with Gasteiger partial charge >= 0.3 is 6.09 Å². The van der Waals surface area contributed by atoms with Gasteiger partial charge in [-0.15, -0.1) is 0 Å². The summed E-state index contributed by atoms with van der Waals surface area (Å²) in [6.45, 7) is 7.45. The number of nitrogen functional groups attached to an aromatic ring is 2. The van der Waals surface area contributed by atoms with E-state index in [1.165, 1.54) is 5.69 Å². The summed E-state index contributed by atoms with van der Waals surface area (Å²) in [4.78, 5) is 48.8. The van der Waals surface area contributed by atoms with E-state index < -0.39 is 35.7 Å². The normalized spacial score (nSPS) is 10.4. The topological polar surface area (TPSA) is 178 Å². The highest BCUT2D eigenvalue weighted by Gasteiger charge is 2.16. The van der Waals surface area contributed by atoms with Crippen molar-refractivity contribution in [3.8, 4) is 5.75 Å². The van der Waals surface area contributed by atoms with Crippen LogP contribution in [-0.2, 0) is 16.0 Å². The number of hydrogen-bond acceptors (Lipinski definition) is 9. The molecule has 0 bridgehead atoms. The van der Waals surface area contributed by atoms with Crippen LogP contribution in [0.1, 0.15) is 78.3 Å². The monoisotopic (exact) mass is 804 g/mol. The molecule has 14 heteroatoms. The van der Waals surface area contributed by atoms with Gasteiger partial charge in [0.15, 0.2) is 23.2 Å². The molecule has 0 fully saturated rings. The third kappa shape index (κ3) is 19.1. The number of carbonyl (C=O) groups excluding carboxylic acids is 4. The van der Waals surface area contributed by atoms with Gasteiger partial charge in [0, 0.05) is 68.8 Å². The van der Waals surface area contributed by atoms with Gasteiger partial charge in [-0.2, -0.15) is 0 Å². The Balaban J connectivity index is 0.000000443. The van der Waals surface area contributed by atoms with E-state index in [1.54, 1.807) is 58.2 Å². The van der Waals surface area contributed by atoms with Crippen LogP contribution in [-0.4, -0.2) is 70.1 Å². The van der Waals surface area contributed by atoms with E-state index in [9.17, 15) is 28.0 Å². The Bertz CT molecular complexity index is 1890. The van der Waals surface area contributed by atoms with Crippen molar-refractivity contribution >= 4 is 40.8 Å². The minimum Gasteiger partial charge on any atom is -0.480 e. The first kappa shape index (κ1) is 48.0. The lowest BCUT2D eigenvalue weighted by molar-refractivity contribution is -0.121. The maximum absolute atomic E-state index is 14.4. The molecule has 4 rings (SSSR count). The highest BCUT2D eigenvalue weighted by Crippen LogP contribution is 2.24. The van der Waals surface area contributed by atoms with Crippen LogP contribution < -0.4 is 37.1 Å². The lowest BCUT2D eigenvalue weighted by Gasteiger charge is -2.19. The van der Waals surface area contributed by atoms with E-state index in [-0.39, 0.29) is 37.0 Å². The van der Waals surface area contributed by atoms with Crippen molar-refractivity contribution in [3.05, 3.63) is 119 Å². The highest BCUT2D eigenvalue weighted by molar-refractivity contribution is 5.94. The number of rotatable bonds is 15. The van der Waals surface area contributed by atoms with Crippen molar-refractivity contribution in [2.75, 3.05) is 57.2 Å². The number of aryl methyl sites for hydroxylation is 1. The average molecular weight is 805 g/mol. The number of nitrogens with one attached hydrogen (secondary N) is 3. The molecule has 0 saturated carbocycles. The fraction of sp³-hybridized carbons (Fsp3) is 0.364. The van der Waals surface area contributed by atoms with Crippen LogP contribution in [0.2, 0.25) is 0 Å². The first-order valence-corrected chi connectivity index (χ1v) is 18.9. The van der Waals surface area contributed by atoms with Gasteiger partial charge in [-0.05, 0) is 125 Å². The quantitative estimate of drug-likeness (QED) is 0.0612. The molecule has 0 atom stereocenters. The first-order valence-electron chi connectivity index (χ1n) is 18.9. The molecule has 4 aromatic rings. The van der Waals surface area contributed by atoms with Crippen molar-refractivity contribution in [1.29, 1.82) is 0 Å². The lowest BCUT2D eigenvalue weighted by Crippen LogP contribution is -2.33. The lowest BCUT2D eigenvalue weighted by atomic mass is 10.1. The van der Waals surface area contributed by atoms with Gasteiger partial charge in [-0.25, -0.2) is 13.6 Å². The van der Waals surface area contributed by atoms with Gasteiger partial charge in [-0.3, -0.25) is 14.4 Å². The predicted molar refractivity (Wildman–Crippen MR) is 226 cm³/mol. The zero-order chi connectivity index (χ0) is 43.3. The molecule has 7 N–H and O–H groups in total. The molecule has 314 valence electrons. The smallest absolute Gasteiger partial charge is 0.407 e. The second-order valence-electron chi connectivity index (χ2n) is 14.5. The Morgan fingerprint density at radius 1 is 0.741 bits per heavy atom. The Kier molecular flexibility index (Phi) is 20.2. The largest absolute Gasteiger partial charge is 0.480 e. The summed E-state index contributed by atoms with van der Waals surface area (Å²) in [6, 6.07) is 23.9. The number of hydrogen-bond donors (Lipinski definition) is 5. The molecular weight excluding hydrogens is 747 g/mol. The Morgan fingerprint density at radius 2 is 1.34 bits per heavy atom. The summed E-state index contributed by atoms with van der Waals surface area (Å²) in [5, 5.41) is 7.89. The van der Waals surface area contributed by atoms with Crippen molar-refractivity contribution in [3.63, 3.8) is 0 Å². The number of nitrogens with zero attached hydrogens (tertiary/aromatic N) is 1. The van der Waals surface area contributed by atoms with E-state index in [1.807, 2.05) is 68.4 Å². The maximum Gasteiger partial charge on any atom is 0.407 e. The minimum atomic E-state index is -0.916. The maximum atomic E-state index is 14.4. The SMILES string of the molecule is CC(C)(C)OC(=O)NCCCCCC(=O)COc1c(F)cc(CCNC(=O)c2ccc(N)cc2)cc1F.CN(C)c1ccc(N)cc1.CNC(=O)c1cccc(C)c1. The Hall–Kier alpha value is -6.18. The number of anilines is 3. The number of unbranched alkanes of at least 4 members (excludes halogenated alkanes) is 2. The fourth-order valence-corrected chi connectivity index (χ4v) is 5.01. The zero-order valence-corrected chi connectivity index (χ0v) is 34.5. The summed E-state index contributed by atoms with van der Waals surface area (Å²) in [7, 11) is 5.64. The molecule has 0 heterocycles. The summed E-state index contributed by atoms with van der Waals surface area (Å²) >= 11 is 0. The molecule has 0 aliphatic heterocycles. The highest BCUT2D eigenvalue weighted by atomic mass is 19.1. The number of Topliss-reactive ketones (excluding diaryl/α,β-unsaturated/α-hetero) is 1. The van der Waals surface area contributed by atoms with Crippen molar-refractivity contribution in [1.82, 2.24) is 16.0 Å². The van der Waals surface area contributed by atoms with E-state index in [4.69, 9.17) is 20.9 Å². The van der Waals surface area contributed by atoms with Crippen molar-refractivity contribution in [2.45, 2.75) is 65.4 Å². The zero-order valence-electron chi connectivity index (χ0n) is 34.5. The van der Waals surface area contributed by atoms with Gasteiger partial charge in [-0.1, -0.05) is 24.1 Å². The molecule has 0 aliphatic rings. The molecular formula is C44H58F2N6O6. The third-order valence-electron chi connectivity index (χ3n) is 8.03. The molecule has 4 aromatic carbocycles. The third-order valence-corrected chi connectivity index (χ3v) is 8.03. The number of benzene rings is 4. The average Bonchev–Trinajstić information content (AvgIpc) is 3.15. The molecule has 3 amide bonds. The van der Waals surface area contributed by atoms with Crippen LogP contribution in [0.4, 0.5) is 30.6 Å². The predicted octanol–water partition coefficient (Wildman–Crippen LogP) is 7.24. The number of halogens is 2. The second kappa shape index (κ2) is 24.5. The summed E-state index contributed by atoms with van der Waals surface area (Å²) in [6.07, 6.45) is 1.82. The summed E-state index contributed by atoms with van der Waals surface area (Å²) in [5.74, 6) is -3.08. The van der Waals surface area contributed by atoms with E-state index in [0.717, 1.165) is 23.4 Å². The number of ether oxygens (including phenoxy) is 2. The number of carbonyl (C=O) groups is 4. The van der Waals surface area contributed by atoms with Gasteiger partial charge < -0.3 is 41.8 Å². The van der Waals surface area contributed by atoms with Crippen LogP contribution >= 0.6 is 0 Å². The van der Waals surface area contributed by atoms with Gasteiger partial charge in [0.2, 0.25) is 0 Å². The number of amides is 3. The van der Waals surface area contributed by atoms with Gasteiger partial charge in [0.05, 0.1) is 0 Å². The molecule has 12 nitrogen and oxygen atoms in total. The number of ketones is 1. The molecule has 0 spiro atoms. The molecule has 58 heavy (non-hydrogen) atoms. The molecule has 0 radical (unpaired) electrons. The number of nitrogens with two attached hydrogens (primary N) is 2. The second-order valence-corrected chi connectivity index (χ2v) is 14.5. The van der Waals surface area contributed by atoms with Crippen molar-refractivity contribution < 1.29 is 37.4 Å². The molecule has 0 unspecified atom stereocenters. The first-order chi connectivity index (χ1) is 27.4. The van der Waals surface area contributed by atoms with Crippen LogP contribution in [0.3, 0.4) is 0 Å². The summed E-state index contributed by atoms with van der Waals surface area (Å²) in [5.41, 5.74) is 15.6. The van der Waals surface area contributed by atoms with Crippen molar-refractivity contribution in [2.24, 2.45) is 0 Å². The van der Waals surface area contributed by atoms with Gasteiger partial charge in [0.1, 0.15) is 12.2 Å². The van der Waals surface area contributed by atoms with Crippen LogP contribution in [0.25, 0.3) is 0 Å².